The van der Waals surface area contributed by atoms with Crippen molar-refractivity contribution < 1.29 is 4.58 Å². The summed E-state index contributed by atoms with van der Waals surface area (Å²) < 4.78 is 2.49. The van der Waals surface area contributed by atoms with Crippen molar-refractivity contribution in [2.75, 3.05) is 7.05 Å². The molecule has 0 N–H and O–H groups in total. The molecule has 1 heteroatoms. The van der Waals surface area contributed by atoms with Crippen LogP contribution in [0.5, 0.6) is 0 Å². The Kier molecular flexibility index (Phi) is 3.16. The van der Waals surface area contributed by atoms with Crippen LogP contribution in [0.3, 0.4) is 0 Å². The molecule has 1 fully saturated rings. The molecule has 1 nitrogen and oxygen atoms in total. The van der Waals surface area contributed by atoms with E-state index in [1.807, 2.05) is 0 Å². The topological polar surface area (TPSA) is 3.01 Å². The second-order valence-electron chi connectivity index (χ2n) is 7.70. The zero-order valence-electron chi connectivity index (χ0n) is 12.6. The van der Waals surface area contributed by atoms with Crippen LogP contribution in [-0.2, 0) is 0 Å². The van der Waals surface area contributed by atoms with Crippen LogP contribution < -0.4 is 0 Å². The van der Waals surface area contributed by atoms with Crippen LogP contribution in [0.1, 0.15) is 60.3 Å². The molecule has 3 atom stereocenters. The van der Waals surface area contributed by atoms with Crippen LogP contribution in [0.25, 0.3) is 0 Å². The largest absolute Gasteiger partial charge is 0.237 e. The normalized spacial score (nSPS) is 41.0. The molecule has 0 amide bonds. The first-order valence-electron chi connectivity index (χ1n) is 7.36. The van der Waals surface area contributed by atoms with Gasteiger partial charge >= 0.3 is 0 Å². The Morgan fingerprint density at radius 3 is 2.35 bits per heavy atom. The van der Waals surface area contributed by atoms with Crippen molar-refractivity contribution >= 4 is 6.21 Å². The highest BCUT2D eigenvalue weighted by atomic mass is 15.1. The smallest absolute Gasteiger partial charge is 0.157 e. The van der Waals surface area contributed by atoms with E-state index in [0.717, 1.165) is 17.8 Å². The van der Waals surface area contributed by atoms with Crippen LogP contribution >= 0.6 is 0 Å². The molecule has 17 heavy (non-hydrogen) atoms. The highest BCUT2D eigenvalue weighted by molar-refractivity contribution is 5.64. The van der Waals surface area contributed by atoms with Crippen molar-refractivity contribution in [1.82, 2.24) is 0 Å². The van der Waals surface area contributed by atoms with Gasteiger partial charge in [0.15, 0.2) is 5.54 Å². The lowest BCUT2D eigenvalue weighted by Gasteiger charge is -2.43. The van der Waals surface area contributed by atoms with E-state index >= 15 is 0 Å². The second kappa shape index (κ2) is 4.10. The molecule has 0 saturated heterocycles. The van der Waals surface area contributed by atoms with Gasteiger partial charge in [0.25, 0.3) is 0 Å². The lowest BCUT2D eigenvalue weighted by molar-refractivity contribution is -0.562. The number of rotatable bonds is 1. The molecule has 1 aliphatic heterocycles. The molecule has 0 aromatic rings. The van der Waals surface area contributed by atoms with Crippen LogP contribution in [0.15, 0.2) is 0 Å². The van der Waals surface area contributed by atoms with E-state index < -0.39 is 0 Å². The predicted octanol–water partition coefficient (Wildman–Crippen LogP) is 3.96. The Morgan fingerprint density at radius 2 is 1.88 bits per heavy atom. The van der Waals surface area contributed by atoms with Crippen molar-refractivity contribution in [3.63, 3.8) is 0 Å². The summed E-state index contributed by atoms with van der Waals surface area (Å²) in [6, 6.07) is 0. The van der Waals surface area contributed by atoms with Gasteiger partial charge in [-0.3, -0.25) is 0 Å². The van der Waals surface area contributed by atoms with Gasteiger partial charge in [-0.2, -0.15) is 0 Å². The van der Waals surface area contributed by atoms with Gasteiger partial charge in [-0.25, -0.2) is 4.58 Å². The summed E-state index contributed by atoms with van der Waals surface area (Å²) in [5.74, 6) is 2.62. The molecular weight excluding hydrogens is 206 g/mol. The van der Waals surface area contributed by atoms with E-state index in [0.29, 0.717) is 11.0 Å². The molecule has 2 aliphatic rings. The zero-order chi connectivity index (χ0) is 12.8. The summed E-state index contributed by atoms with van der Waals surface area (Å²) in [6.45, 7) is 12.1. The lowest BCUT2D eigenvalue weighted by atomic mass is 9.58. The Balaban J connectivity index is 2.33. The molecule has 0 aromatic heterocycles. The zero-order valence-corrected chi connectivity index (χ0v) is 12.6. The standard InChI is InChI=1S/C16H30N/c1-12(2)14-8-7-13(3)9-16(14)10-15(4,5)17(6)11-16/h11-14H,7-10H2,1-6H3/q+1/t13-,14+,16+/m1/s1. The van der Waals surface area contributed by atoms with Gasteiger partial charge in [0.1, 0.15) is 13.3 Å². The maximum Gasteiger partial charge on any atom is 0.157 e. The van der Waals surface area contributed by atoms with Gasteiger partial charge in [-0.1, -0.05) is 27.2 Å². The number of nitrogens with zero attached hydrogens (tertiary/aromatic N) is 1. The minimum absolute atomic E-state index is 0.351. The highest BCUT2D eigenvalue weighted by Gasteiger charge is 2.54. The molecular formula is C16H30N+. The first kappa shape index (κ1) is 13.1. The Labute approximate surface area is 107 Å². The van der Waals surface area contributed by atoms with Crippen LogP contribution in [0, 0.1) is 23.2 Å². The average molecular weight is 236 g/mol. The summed E-state index contributed by atoms with van der Waals surface area (Å²) >= 11 is 0. The average Bonchev–Trinajstić information content (AvgIpc) is 2.35. The Hall–Kier alpha value is -0.330. The first-order chi connectivity index (χ1) is 7.77. The summed E-state index contributed by atoms with van der Waals surface area (Å²) in [5, 5.41) is 0. The predicted molar refractivity (Wildman–Crippen MR) is 74.7 cm³/mol. The van der Waals surface area contributed by atoms with E-state index in [1.54, 1.807) is 0 Å². The minimum Gasteiger partial charge on any atom is -0.237 e. The molecule has 0 bridgehead atoms. The van der Waals surface area contributed by atoms with Gasteiger partial charge in [-0.15, -0.1) is 0 Å². The monoisotopic (exact) mass is 236 g/mol. The number of hydrogen-bond acceptors (Lipinski definition) is 0. The van der Waals surface area contributed by atoms with Crippen molar-refractivity contribution in [3.8, 4) is 0 Å². The first-order valence-corrected chi connectivity index (χ1v) is 7.36. The van der Waals surface area contributed by atoms with E-state index in [2.05, 4.69) is 52.5 Å². The fourth-order valence-electron chi connectivity index (χ4n) is 4.54. The quantitative estimate of drug-likeness (QED) is 0.606. The van der Waals surface area contributed by atoms with E-state index in [1.165, 1.54) is 25.7 Å². The third-order valence-electron chi connectivity index (χ3n) is 5.41. The molecule has 1 saturated carbocycles. The van der Waals surface area contributed by atoms with Crippen LogP contribution in [0.2, 0.25) is 0 Å². The van der Waals surface area contributed by atoms with Gasteiger partial charge in [0.05, 0.1) is 5.41 Å². The molecule has 1 heterocycles. The van der Waals surface area contributed by atoms with E-state index in [4.69, 9.17) is 0 Å². The van der Waals surface area contributed by atoms with E-state index in [-0.39, 0.29) is 0 Å². The van der Waals surface area contributed by atoms with Crippen molar-refractivity contribution in [3.05, 3.63) is 0 Å². The maximum absolute atomic E-state index is 2.59. The lowest BCUT2D eigenvalue weighted by Crippen LogP contribution is -2.41. The van der Waals surface area contributed by atoms with E-state index in [9.17, 15) is 0 Å². The number of hydrogen-bond donors (Lipinski definition) is 0. The molecule has 1 aliphatic carbocycles. The summed E-state index contributed by atoms with van der Waals surface area (Å²) in [4.78, 5) is 0. The van der Waals surface area contributed by atoms with Gasteiger partial charge in [0, 0.05) is 6.42 Å². The van der Waals surface area contributed by atoms with Crippen molar-refractivity contribution in [2.24, 2.45) is 23.2 Å². The van der Waals surface area contributed by atoms with Crippen LogP contribution in [0.4, 0.5) is 0 Å². The summed E-state index contributed by atoms with van der Waals surface area (Å²) in [6.07, 6.45) is 8.21. The second-order valence-corrected chi connectivity index (χ2v) is 7.70. The Morgan fingerprint density at radius 1 is 1.24 bits per heavy atom. The molecule has 0 radical (unpaired) electrons. The fraction of sp³-hybridized carbons (Fsp3) is 0.938. The van der Waals surface area contributed by atoms with Gasteiger partial charge in [-0.05, 0) is 44.4 Å². The molecule has 0 aromatic carbocycles. The fourth-order valence-corrected chi connectivity index (χ4v) is 4.54. The van der Waals surface area contributed by atoms with Gasteiger partial charge in [0.2, 0.25) is 0 Å². The summed E-state index contributed by atoms with van der Waals surface area (Å²) in [5.41, 5.74) is 0.842. The molecule has 0 unspecified atom stereocenters. The van der Waals surface area contributed by atoms with Crippen molar-refractivity contribution in [2.45, 2.75) is 65.8 Å². The van der Waals surface area contributed by atoms with Crippen LogP contribution in [-0.4, -0.2) is 23.4 Å². The third-order valence-corrected chi connectivity index (χ3v) is 5.41. The SMILES string of the molecule is CC(C)[C@@H]1CC[C@@H](C)C[C@]12C=[N+](C)C(C)(C)C2. The molecule has 98 valence electrons. The molecule has 2 rings (SSSR count). The molecule has 1 spiro atoms. The Bertz CT molecular complexity index is 326. The van der Waals surface area contributed by atoms with Crippen molar-refractivity contribution in [1.29, 1.82) is 0 Å². The van der Waals surface area contributed by atoms with Gasteiger partial charge < -0.3 is 0 Å². The summed E-state index contributed by atoms with van der Waals surface area (Å²) in [7, 11) is 2.27. The highest BCUT2D eigenvalue weighted by Crippen LogP contribution is 2.52. The minimum atomic E-state index is 0.351. The maximum atomic E-state index is 2.59. The third kappa shape index (κ3) is 2.18.